The van der Waals surface area contributed by atoms with Crippen molar-refractivity contribution >= 4 is 17.0 Å². The Hall–Kier alpha value is -3.18. The second-order valence-electron chi connectivity index (χ2n) is 5.89. The molecule has 3 aliphatic rings. The predicted molar refractivity (Wildman–Crippen MR) is 93.7 cm³/mol. The molecule has 5 rings (SSSR count). The largest absolute Gasteiger partial charge is 0.398 e. The number of rotatable bonds is 1. The molecule has 1 atom stereocenters. The molecule has 3 heterocycles. The van der Waals surface area contributed by atoms with Crippen LogP contribution in [0.5, 0.6) is 0 Å². The monoisotopic (exact) mass is 294 g/mol. The Bertz CT molecular complexity index is 996. The molecule has 0 radical (unpaired) electrons. The van der Waals surface area contributed by atoms with Crippen LogP contribution in [-0.2, 0) is 0 Å². The number of allylic oxidation sites excluding steroid dienone is 4. The van der Waals surface area contributed by atoms with Gasteiger partial charge in [0.1, 0.15) is 6.04 Å². The van der Waals surface area contributed by atoms with Crippen LogP contribution in [0.25, 0.3) is 11.3 Å². The average molecular weight is 294 g/mol. The minimum Gasteiger partial charge on any atom is -0.398 e. The van der Waals surface area contributed by atoms with Crippen molar-refractivity contribution in [2.75, 3.05) is 5.73 Å². The van der Waals surface area contributed by atoms with Gasteiger partial charge in [-0.3, -0.25) is 0 Å². The van der Waals surface area contributed by atoms with Gasteiger partial charge in [0.25, 0.3) is 0 Å². The molecule has 0 aliphatic carbocycles. The number of benzene rings is 2. The average Bonchev–Trinajstić information content (AvgIpc) is 2.93. The number of anilines is 1. The van der Waals surface area contributed by atoms with Crippen LogP contribution in [0.2, 0.25) is 0 Å². The van der Waals surface area contributed by atoms with Gasteiger partial charge in [0.05, 0.1) is 17.0 Å². The van der Waals surface area contributed by atoms with E-state index in [2.05, 4.69) is 59.2 Å². The van der Waals surface area contributed by atoms with Gasteiger partial charge in [-0.1, -0.05) is 60.4 Å². The van der Waals surface area contributed by atoms with Gasteiger partial charge in [-0.2, -0.15) is 0 Å². The summed E-state index contributed by atoms with van der Waals surface area (Å²) in [6, 6.07) is 16.6. The lowest BCUT2D eigenvalue weighted by atomic mass is 9.96. The van der Waals surface area contributed by atoms with E-state index in [1.165, 1.54) is 16.8 Å². The van der Waals surface area contributed by atoms with E-state index in [4.69, 9.17) is 5.73 Å². The number of nitrogen functional groups attached to an aromatic ring is 1. The van der Waals surface area contributed by atoms with E-state index in [-0.39, 0.29) is 6.04 Å². The third-order valence-corrected chi connectivity index (χ3v) is 4.64. The standard InChI is InChI=1S/C21H14N2/c22-18-9-4-3-6-14(18)17-12-13-21-16-8-2-1-7-15(16)19-10-5-11-20(17)23(19)21/h1-11,21H,22H2. The molecule has 2 aromatic rings. The van der Waals surface area contributed by atoms with Crippen LogP contribution < -0.4 is 5.73 Å². The zero-order valence-corrected chi connectivity index (χ0v) is 12.5. The fourth-order valence-electron chi connectivity index (χ4n) is 3.61. The Morgan fingerprint density at radius 2 is 1.74 bits per heavy atom. The van der Waals surface area contributed by atoms with Crippen LogP contribution in [0.15, 0.2) is 72.5 Å². The minimum absolute atomic E-state index is 0.103. The van der Waals surface area contributed by atoms with E-state index in [1.807, 2.05) is 24.3 Å². The van der Waals surface area contributed by atoms with Gasteiger partial charge in [0.2, 0.25) is 0 Å². The summed E-state index contributed by atoms with van der Waals surface area (Å²) in [5.74, 6) is 6.80. The van der Waals surface area contributed by atoms with Crippen LogP contribution >= 0.6 is 0 Å². The van der Waals surface area contributed by atoms with Crippen molar-refractivity contribution in [2.45, 2.75) is 6.04 Å². The maximum absolute atomic E-state index is 6.18. The zero-order chi connectivity index (χ0) is 15.4. The fourth-order valence-corrected chi connectivity index (χ4v) is 3.61. The van der Waals surface area contributed by atoms with Crippen LogP contribution in [0.1, 0.15) is 22.7 Å². The lowest BCUT2D eigenvalue weighted by Crippen LogP contribution is -2.24. The number of fused-ring (bicyclic) bond motifs is 3. The predicted octanol–water partition coefficient (Wildman–Crippen LogP) is 3.96. The Morgan fingerprint density at radius 1 is 0.957 bits per heavy atom. The second-order valence-corrected chi connectivity index (χ2v) is 5.89. The molecular formula is C21H14N2. The first-order chi connectivity index (χ1) is 11.3. The Balaban J connectivity index is 1.77. The van der Waals surface area contributed by atoms with Gasteiger partial charge in [0, 0.05) is 16.8 Å². The summed E-state index contributed by atoms with van der Waals surface area (Å²) in [4.78, 5) is 2.34. The molecule has 0 bridgehead atoms. The molecule has 0 spiro atoms. The molecule has 2 nitrogen and oxygen atoms in total. The number of hydrogen-bond acceptors (Lipinski definition) is 2. The highest BCUT2D eigenvalue weighted by Gasteiger charge is 2.37. The van der Waals surface area contributed by atoms with Crippen molar-refractivity contribution in [3.8, 4) is 11.8 Å². The number of para-hydroxylation sites is 1. The van der Waals surface area contributed by atoms with Crippen molar-refractivity contribution in [3.05, 3.63) is 89.1 Å². The lowest BCUT2D eigenvalue weighted by molar-refractivity contribution is 0.470. The Morgan fingerprint density at radius 3 is 2.61 bits per heavy atom. The molecular weight excluding hydrogens is 280 g/mol. The summed E-state index contributed by atoms with van der Waals surface area (Å²) in [6.07, 6.45) is 6.41. The smallest absolute Gasteiger partial charge is 0.122 e. The molecule has 2 N–H and O–H groups in total. The molecule has 2 aromatic carbocycles. The van der Waals surface area contributed by atoms with Crippen LogP contribution in [0, 0.1) is 11.8 Å². The Kier molecular flexibility index (Phi) is 2.37. The highest BCUT2D eigenvalue weighted by atomic mass is 15.2. The Labute approximate surface area is 135 Å². The molecule has 0 saturated heterocycles. The fraction of sp³-hybridized carbons (Fsp3) is 0.0476. The first-order valence-corrected chi connectivity index (χ1v) is 7.72. The van der Waals surface area contributed by atoms with Gasteiger partial charge in [-0.05, 0) is 23.8 Å². The summed E-state index contributed by atoms with van der Waals surface area (Å²) >= 11 is 0. The maximum atomic E-state index is 6.18. The van der Waals surface area contributed by atoms with Crippen LogP contribution in [0.3, 0.4) is 0 Å². The van der Waals surface area contributed by atoms with Crippen molar-refractivity contribution < 1.29 is 0 Å². The summed E-state index contributed by atoms with van der Waals surface area (Å²) in [5, 5.41) is 0. The first-order valence-electron chi connectivity index (χ1n) is 7.72. The topological polar surface area (TPSA) is 29.3 Å². The summed E-state index contributed by atoms with van der Waals surface area (Å²) in [6.45, 7) is 0. The number of nitrogens with zero attached hydrogens (tertiary/aromatic N) is 1. The third-order valence-electron chi connectivity index (χ3n) is 4.64. The highest BCUT2D eigenvalue weighted by molar-refractivity contribution is 5.93. The molecule has 0 amide bonds. The molecule has 108 valence electrons. The normalized spacial score (nSPS) is 19.7. The molecule has 0 aromatic heterocycles. The maximum Gasteiger partial charge on any atom is 0.122 e. The quantitative estimate of drug-likeness (QED) is 0.637. The van der Waals surface area contributed by atoms with Crippen molar-refractivity contribution in [1.82, 2.24) is 4.90 Å². The molecule has 23 heavy (non-hydrogen) atoms. The van der Waals surface area contributed by atoms with Crippen molar-refractivity contribution in [2.24, 2.45) is 0 Å². The molecule has 2 heteroatoms. The van der Waals surface area contributed by atoms with Gasteiger partial charge in [-0.15, -0.1) is 0 Å². The second kappa shape index (κ2) is 4.41. The molecule has 3 aliphatic heterocycles. The van der Waals surface area contributed by atoms with Gasteiger partial charge in [-0.25, -0.2) is 0 Å². The summed E-state index contributed by atoms with van der Waals surface area (Å²) in [7, 11) is 0. The number of nitrogens with two attached hydrogens (primary N) is 1. The van der Waals surface area contributed by atoms with Gasteiger partial charge >= 0.3 is 0 Å². The molecule has 1 unspecified atom stereocenters. The zero-order valence-electron chi connectivity index (χ0n) is 12.5. The SMILES string of the molecule is Nc1ccccc1C1=C2C=CC=C3c4ccccc4C(C#C1)N32. The first kappa shape index (κ1) is 12.4. The van der Waals surface area contributed by atoms with E-state index < -0.39 is 0 Å². The molecule has 0 fully saturated rings. The summed E-state index contributed by atoms with van der Waals surface area (Å²) < 4.78 is 0. The van der Waals surface area contributed by atoms with E-state index in [0.29, 0.717) is 0 Å². The minimum atomic E-state index is 0.103. The van der Waals surface area contributed by atoms with E-state index >= 15 is 0 Å². The number of hydrogen-bond donors (Lipinski definition) is 1. The third kappa shape index (κ3) is 1.59. The van der Waals surface area contributed by atoms with Crippen molar-refractivity contribution in [1.29, 1.82) is 0 Å². The highest BCUT2D eigenvalue weighted by Crippen LogP contribution is 2.48. The van der Waals surface area contributed by atoms with E-state index in [1.54, 1.807) is 0 Å². The van der Waals surface area contributed by atoms with Crippen LogP contribution in [-0.4, -0.2) is 4.90 Å². The lowest BCUT2D eigenvalue weighted by Gasteiger charge is -2.32. The van der Waals surface area contributed by atoms with Gasteiger partial charge in [0.15, 0.2) is 0 Å². The van der Waals surface area contributed by atoms with Crippen LogP contribution in [0.4, 0.5) is 5.69 Å². The van der Waals surface area contributed by atoms with Gasteiger partial charge < -0.3 is 10.6 Å². The van der Waals surface area contributed by atoms with E-state index in [9.17, 15) is 0 Å². The summed E-state index contributed by atoms with van der Waals surface area (Å²) in [5.41, 5.74) is 13.9. The molecule has 0 saturated carbocycles. The van der Waals surface area contributed by atoms with E-state index in [0.717, 1.165) is 22.5 Å². The van der Waals surface area contributed by atoms with Crippen molar-refractivity contribution in [3.63, 3.8) is 0 Å².